The number of nitriles is 1. The van der Waals surface area contributed by atoms with Gasteiger partial charge in [-0.3, -0.25) is 4.79 Å². The van der Waals surface area contributed by atoms with Crippen molar-refractivity contribution >= 4 is 12.0 Å². The van der Waals surface area contributed by atoms with Gasteiger partial charge in [0.05, 0.1) is 14.2 Å². The summed E-state index contributed by atoms with van der Waals surface area (Å²) in [4.78, 5) is 11.8. The Hall–Kier alpha value is -2.48. The normalized spacial score (nSPS) is 10.9. The van der Waals surface area contributed by atoms with Gasteiger partial charge in [-0.05, 0) is 32.1 Å². The summed E-state index contributed by atoms with van der Waals surface area (Å²) < 4.78 is 10.3. The van der Waals surface area contributed by atoms with Gasteiger partial charge in [-0.25, -0.2) is 0 Å². The van der Waals surface area contributed by atoms with Crippen molar-refractivity contribution in [2.75, 3.05) is 14.2 Å². The van der Waals surface area contributed by atoms with Gasteiger partial charge in [0.1, 0.15) is 23.1 Å². The molecule has 1 rings (SSSR count). The SMILES string of the molecule is COc1ccc(/C=C(\C#N)C(=O)NC(C)C)c(OC)c1. The summed E-state index contributed by atoms with van der Waals surface area (Å²) in [5.41, 5.74) is 0.672. The number of carbonyl (C=O) groups is 1. The van der Waals surface area contributed by atoms with Crippen LogP contribution in [0.15, 0.2) is 23.8 Å². The second kappa shape index (κ2) is 7.19. The number of nitrogens with zero attached hydrogens (tertiary/aromatic N) is 1. The van der Waals surface area contributed by atoms with Crippen LogP contribution in [0.5, 0.6) is 11.5 Å². The molecule has 0 aromatic heterocycles. The second-order valence-corrected chi connectivity index (χ2v) is 4.41. The molecule has 0 aliphatic rings. The fraction of sp³-hybridized carbons (Fsp3) is 0.333. The number of hydrogen-bond acceptors (Lipinski definition) is 4. The molecule has 0 aliphatic carbocycles. The molecule has 0 atom stereocenters. The predicted molar refractivity (Wildman–Crippen MR) is 76.4 cm³/mol. The molecular weight excluding hydrogens is 256 g/mol. The molecule has 1 aromatic rings. The van der Waals surface area contributed by atoms with Crippen LogP contribution in [0, 0.1) is 11.3 Å². The summed E-state index contributed by atoms with van der Waals surface area (Å²) in [6.07, 6.45) is 1.50. The maximum absolute atomic E-state index is 11.8. The molecule has 0 heterocycles. The first kappa shape index (κ1) is 15.6. The molecule has 0 bridgehead atoms. The average molecular weight is 274 g/mol. The minimum Gasteiger partial charge on any atom is -0.497 e. The van der Waals surface area contributed by atoms with Gasteiger partial charge in [0.25, 0.3) is 5.91 Å². The largest absolute Gasteiger partial charge is 0.497 e. The van der Waals surface area contributed by atoms with Crippen molar-refractivity contribution in [3.8, 4) is 17.6 Å². The first-order valence-corrected chi connectivity index (χ1v) is 6.16. The van der Waals surface area contributed by atoms with Gasteiger partial charge in [-0.15, -0.1) is 0 Å². The van der Waals surface area contributed by atoms with E-state index in [2.05, 4.69) is 5.32 Å². The number of benzene rings is 1. The zero-order valence-electron chi connectivity index (χ0n) is 12.1. The van der Waals surface area contributed by atoms with E-state index in [4.69, 9.17) is 14.7 Å². The van der Waals surface area contributed by atoms with Crippen molar-refractivity contribution in [3.05, 3.63) is 29.3 Å². The molecule has 0 saturated carbocycles. The molecule has 0 fully saturated rings. The quantitative estimate of drug-likeness (QED) is 0.659. The Balaban J connectivity index is 3.13. The minimum absolute atomic E-state index is 0.0298. The summed E-state index contributed by atoms with van der Waals surface area (Å²) in [5.74, 6) is 0.777. The van der Waals surface area contributed by atoms with E-state index in [-0.39, 0.29) is 11.6 Å². The first-order valence-electron chi connectivity index (χ1n) is 6.16. The molecule has 0 spiro atoms. The average Bonchev–Trinajstić information content (AvgIpc) is 2.43. The van der Waals surface area contributed by atoms with Crippen LogP contribution in [-0.4, -0.2) is 26.2 Å². The third-order valence-corrected chi connectivity index (χ3v) is 2.53. The van der Waals surface area contributed by atoms with Crippen LogP contribution in [0.2, 0.25) is 0 Å². The molecule has 0 saturated heterocycles. The summed E-state index contributed by atoms with van der Waals surface area (Å²) >= 11 is 0. The Morgan fingerprint density at radius 2 is 2.05 bits per heavy atom. The van der Waals surface area contributed by atoms with E-state index in [9.17, 15) is 4.79 Å². The fourth-order valence-electron chi connectivity index (χ4n) is 1.58. The highest BCUT2D eigenvalue weighted by atomic mass is 16.5. The molecule has 20 heavy (non-hydrogen) atoms. The number of amides is 1. The van der Waals surface area contributed by atoms with Crippen molar-refractivity contribution < 1.29 is 14.3 Å². The Morgan fingerprint density at radius 1 is 1.35 bits per heavy atom. The van der Waals surface area contributed by atoms with Crippen molar-refractivity contribution in [3.63, 3.8) is 0 Å². The molecule has 106 valence electrons. The van der Waals surface area contributed by atoms with Crippen LogP contribution < -0.4 is 14.8 Å². The van der Waals surface area contributed by atoms with Gasteiger partial charge in [0, 0.05) is 17.7 Å². The molecule has 1 aromatic carbocycles. The van der Waals surface area contributed by atoms with Crippen LogP contribution in [0.1, 0.15) is 19.4 Å². The van der Waals surface area contributed by atoms with Crippen molar-refractivity contribution in [2.24, 2.45) is 0 Å². The lowest BCUT2D eigenvalue weighted by Gasteiger charge is -2.09. The van der Waals surface area contributed by atoms with Gasteiger partial charge in [-0.1, -0.05) is 0 Å². The van der Waals surface area contributed by atoms with Gasteiger partial charge >= 0.3 is 0 Å². The monoisotopic (exact) mass is 274 g/mol. The summed E-state index contributed by atoms with van der Waals surface area (Å²) in [5, 5.41) is 11.8. The number of carbonyl (C=O) groups excluding carboxylic acids is 1. The zero-order valence-corrected chi connectivity index (χ0v) is 12.1. The van der Waals surface area contributed by atoms with Crippen molar-refractivity contribution in [1.29, 1.82) is 5.26 Å². The highest BCUT2D eigenvalue weighted by molar-refractivity contribution is 6.02. The van der Waals surface area contributed by atoms with Gasteiger partial charge in [0.2, 0.25) is 0 Å². The third kappa shape index (κ3) is 4.02. The lowest BCUT2D eigenvalue weighted by atomic mass is 10.1. The molecule has 5 nitrogen and oxygen atoms in total. The lowest BCUT2D eigenvalue weighted by molar-refractivity contribution is -0.117. The molecule has 1 amide bonds. The summed E-state index contributed by atoms with van der Waals surface area (Å²) in [6.45, 7) is 3.67. The minimum atomic E-state index is -0.402. The van der Waals surface area contributed by atoms with Crippen LogP contribution in [0.4, 0.5) is 0 Å². The maximum Gasteiger partial charge on any atom is 0.262 e. The highest BCUT2D eigenvalue weighted by Crippen LogP contribution is 2.26. The zero-order chi connectivity index (χ0) is 15.1. The molecule has 0 unspecified atom stereocenters. The predicted octanol–water partition coefficient (Wildman–Crippen LogP) is 2.14. The molecule has 0 radical (unpaired) electrons. The van der Waals surface area contributed by atoms with Gasteiger partial charge < -0.3 is 14.8 Å². The number of ether oxygens (including phenoxy) is 2. The Morgan fingerprint density at radius 3 is 2.55 bits per heavy atom. The van der Waals surface area contributed by atoms with Crippen LogP contribution >= 0.6 is 0 Å². The smallest absolute Gasteiger partial charge is 0.262 e. The topological polar surface area (TPSA) is 71.3 Å². The standard InChI is InChI=1S/C15H18N2O3/c1-10(2)17-15(18)12(9-16)7-11-5-6-13(19-3)8-14(11)20-4/h5-8,10H,1-4H3,(H,17,18)/b12-7+. The van der Waals surface area contributed by atoms with Gasteiger partial charge in [-0.2, -0.15) is 5.26 Å². The van der Waals surface area contributed by atoms with Crippen molar-refractivity contribution in [2.45, 2.75) is 19.9 Å². The second-order valence-electron chi connectivity index (χ2n) is 4.41. The number of nitrogens with one attached hydrogen (secondary N) is 1. The summed E-state index contributed by atoms with van der Waals surface area (Å²) in [7, 11) is 3.08. The summed E-state index contributed by atoms with van der Waals surface area (Å²) in [6, 6.07) is 7.04. The highest BCUT2D eigenvalue weighted by Gasteiger charge is 2.12. The first-order chi connectivity index (χ1) is 9.51. The van der Waals surface area contributed by atoms with Crippen molar-refractivity contribution in [1.82, 2.24) is 5.32 Å². The fourth-order valence-corrected chi connectivity index (χ4v) is 1.58. The van der Waals surface area contributed by atoms with Gasteiger partial charge in [0.15, 0.2) is 0 Å². The van der Waals surface area contributed by atoms with E-state index < -0.39 is 5.91 Å². The molecule has 0 aliphatic heterocycles. The number of methoxy groups -OCH3 is 2. The van der Waals surface area contributed by atoms with E-state index in [1.165, 1.54) is 13.2 Å². The Labute approximate surface area is 118 Å². The van der Waals surface area contributed by atoms with E-state index in [1.807, 2.05) is 19.9 Å². The molecule has 5 heteroatoms. The number of hydrogen-bond donors (Lipinski definition) is 1. The van der Waals surface area contributed by atoms with Crippen LogP contribution in [0.3, 0.4) is 0 Å². The molecular formula is C15H18N2O3. The number of rotatable bonds is 5. The van der Waals surface area contributed by atoms with E-state index >= 15 is 0 Å². The third-order valence-electron chi connectivity index (χ3n) is 2.53. The van der Waals surface area contributed by atoms with Crippen LogP contribution in [0.25, 0.3) is 6.08 Å². The Kier molecular flexibility index (Phi) is 5.60. The van der Waals surface area contributed by atoms with E-state index in [0.717, 1.165) is 0 Å². The van der Waals surface area contributed by atoms with E-state index in [1.54, 1.807) is 25.3 Å². The van der Waals surface area contributed by atoms with Crippen LogP contribution in [-0.2, 0) is 4.79 Å². The van der Waals surface area contributed by atoms with E-state index in [0.29, 0.717) is 17.1 Å². The Bertz CT molecular complexity index is 557. The lowest BCUT2D eigenvalue weighted by Crippen LogP contribution is -2.30. The maximum atomic E-state index is 11.8. The molecule has 1 N–H and O–H groups in total.